The third-order valence-electron chi connectivity index (χ3n) is 0. The first-order chi connectivity index (χ1) is 0. The van der Waals surface area contributed by atoms with E-state index in [0.29, 0.717) is 0 Å². The fraction of sp³-hybridized carbons (Fsp3) is 0. The van der Waals surface area contributed by atoms with Crippen LogP contribution >= 0.6 is 0 Å². The molecule has 0 fully saturated rings. The van der Waals surface area contributed by atoms with Crippen LogP contribution in [0, 0.1) is 0 Å². The zero-order valence-corrected chi connectivity index (χ0v) is 7.44. The van der Waals surface area contributed by atoms with Gasteiger partial charge in [-0.25, -0.2) is 0 Å². The summed E-state index contributed by atoms with van der Waals surface area (Å²) in [6, 6.07) is 0. The molecule has 0 unspecified atom stereocenters. The van der Waals surface area contributed by atoms with E-state index in [2.05, 4.69) is 0 Å². The minimum atomic E-state index is 0. The minimum absolute atomic E-state index is 0. The molecule has 0 aliphatic heterocycles. The molecule has 6 heteroatoms. The van der Waals surface area contributed by atoms with Gasteiger partial charge in [0.05, 0.1) is 0 Å². The van der Waals surface area contributed by atoms with E-state index in [-0.39, 0.29) is 93.0 Å². The molecule has 35 valence electrons. The summed E-state index contributed by atoms with van der Waals surface area (Å²) in [4.78, 5) is 0. The van der Waals surface area contributed by atoms with Crippen LogP contribution in [0.2, 0.25) is 0 Å². The van der Waals surface area contributed by atoms with Gasteiger partial charge in [-0.2, -0.15) is 0 Å². The van der Waals surface area contributed by atoms with Crippen molar-refractivity contribution in [3.05, 3.63) is 0 Å². The van der Waals surface area contributed by atoms with Crippen molar-refractivity contribution >= 4 is 37.7 Å². The number of rotatable bonds is 0. The standard InChI is InChI=1S/Ca.Cu.3O.Ti/q+2;;3*-2;+4. The van der Waals surface area contributed by atoms with E-state index in [4.69, 9.17) is 0 Å². The fourth-order valence-corrected chi connectivity index (χ4v) is 0. The first-order valence-electron chi connectivity index (χ1n) is 0. The molecule has 0 rings (SSSR count). The topological polar surface area (TPSA) is 85.5 Å². The van der Waals surface area contributed by atoms with Crippen LogP contribution in [0.25, 0.3) is 0 Å². The van der Waals surface area contributed by atoms with Gasteiger partial charge < -0.3 is 16.4 Å². The van der Waals surface area contributed by atoms with Crippen molar-refractivity contribution in [2.24, 2.45) is 0 Å². The molecule has 0 heterocycles. The molecule has 0 saturated carbocycles. The van der Waals surface area contributed by atoms with Crippen LogP contribution in [0.3, 0.4) is 0 Å². The van der Waals surface area contributed by atoms with Crippen LogP contribution < -0.4 is 0 Å². The van der Waals surface area contributed by atoms with Crippen LogP contribution in [-0.4, -0.2) is 37.7 Å². The van der Waals surface area contributed by atoms with Gasteiger partial charge in [-0.1, -0.05) is 0 Å². The maximum Gasteiger partial charge on any atom is 4.00 e. The van der Waals surface area contributed by atoms with Crippen molar-refractivity contribution in [1.82, 2.24) is 0 Å². The molecular weight excluding hydrogens is 199 g/mol. The van der Waals surface area contributed by atoms with E-state index in [1.165, 1.54) is 0 Å². The Balaban J connectivity index is 0. The predicted octanol–water partition coefficient (Wildman–Crippen LogP) is -0.742. The molecule has 0 saturated heterocycles. The van der Waals surface area contributed by atoms with E-state index in [9.17, 15) is 0 Å². The van der Waals surface area contributed by atoms with E-state index in [0.717, 1.165) is 0 Å². The van der Waals surface area contributed by atoms with Gasteiger partial charge in [0.15, 0.2) is 0 Å². The fourth-order valence-electron chi connectivity index (χ4n) is 0. The summed E-state index contributed by atoms with van der Waals surface area (Å²) < 4.78 is 0. The predicted molar refractivity (Wildman–Crippen MR) is 7.81 cm³/mol. The first-order valence-corrected chi connectivity index (χ1v) is 0. The van der Waals surface area contributed by atoms with Gasteiger partial charge in [-0.05, 0) is 0 Å². The Labute approximate surface area is 91.5 Å². The second-order valence-corrected chi connectivity index (χ2v) is 0. The molecule has 3 nitrogen and oxygen atoms in total. The molecule has 0 aromatic heterocycles. The van der Waals surface area contributed by atoms with Crippen molar-refractivity contribution in [3.8, 4) is 0 Å². The van der Waals surface area contributed by atoms with Crippen molar-refractivity contribution < 1.29 is 55.2 Å². The monoisotopic (exact) mass is 199 g/mol. The quantitative estimate of drug-likeness (QED) is 0.460. The van der Waals surface area contributed by atoms with E-state index in [1.807, 2.05) is 0 Å². The zero-order chi connectivity index (χ0) is 0. The summed E-state index contributed by atoms with van der Waals surface area (Å²) in [6.07, 6.45) is 0. The Morgan fingerprint density at radius 2 is 0.667 bits per heavy atom. The van der Waals surface area contributed by atoms with Crippen molar-refractivity contribution in [3.63, 3.8) is 0 Å². The average molecular weight is 199 g/mol. The normalized spacial score (nSPS) is 0. The summed E-state index contributed by atoms with van der Waals surface area (Å²) in [7, 11) is 0. The Morgan fingerprint density at radius 1 is 0.667 bits per heavy atom. The van der Waals surface area contributed by atoms with Gasteiger partial charge in [0, 0.05) is 17.1 Å². The number of hydrogen-bond acceptors (Lipinski definition) is 0. The van der Waals surface area contributed by atoms with E-state index >= 15 is 0 Å². The largest absolute Gasteiger partial charge is 4.00 e. The van der Waals surface area contributed by atoms with Crippen LogP contribution in [-0.2, 0) is 55.2 Å². The van der Waals surface area contributed by atoms with Crippen LogP contribution in [0.4, 0.5) is 0 Å². The van der Waals surface area contributed by atoms with Crippen LogP contribution in [0.5, 0.6) is 0 Å². The van der Waals surface area contributed by atoms with Crippen molar-refractivity contribution in [1.29, 1.82) is 0 Å². The van der Waals surface area contributed by atoms with Gasteiger partial charge in [0.2, 0.25) is 0 Å². The molecule has 0 bridgehead atoms. The van der Waals surface area contributed by atoms with Crippen LogP contribution in [0.1, 0.15) is 0 Å². The van der Waals surface area contributed by atoms with Gasteiger partial charge >= 0.3 is 59.5 Å². The second-order valence-electron chi connectivity index (χ2n) is 0. The summed E-state index contributed by atoms with van der Waals surface area (Å²) >= 11 is 0. The SMILES string of the molecule is [Ca+2].[Cu].[O-2].[O-2].[O-2].[Ti+4]. The minimum Gasteiger partial charge on any atom is -2.00 e. The molecule has 0 atom stereocenters. The van der Waals surface area contributed by atoms with E-state index in [1.54, 1.807) is 0 Å². The third kappa shape index (κ3) is 32.7. The Bertz CT molecular complexity index is 10.8. The molecule has 0 aliphatic carbocycles. The Morgan fingerprint density at radius 3 is 0.667 bits per heavy atom. The van der Waals surface area contributed by atoms with Gasteiger partial charge in [-0.3, -0.25) is 0 Å². The molecule has 0 amide bonds. The van der Waals surface area contributed by atoms with Crippen LogP contribution in [0.15, 0.2) is 0 Å². The number of hydrogen-bond donors (Lipinski definition) is 0. The Kier molecular flexibility index (Phi) is 716. The molecule has 0 aliphatic rings. The molecule has 6 heavy (non-hydrogen) atoms. The summed E-state index contributed by atoms with van der Waals surface area (Å²) in [6.45, 7) is 0. The van der Waals surface area contributed by atoms with Crippen molar-refractivity contribution in [2.45, 2.75) is 0 Å². The van der Waals surface area contributed by atoms with Gasteiger partial charge in [-0.15, -0.1) is 0 Å². The molecule has 0 N–H and O–H groups in total. The second kappa shape index (κ2) is 53.2. The zero-order valence-electron chi connectivity index (χ0n) is 2.73. The van der Waals surface area contributed by atoms with Gasteiger partial charge in [0.25, 0.3) is 0 Å². The smallest absolute Gasteiger partial charge is 2.00 e. The summed E-state index contributed by atoms with van der Waals surface area (Å²) in [5.41, 5.74) is 0. The molecule has 0 spiro atoms. The summed E-state index contributed by atoms with van der Waals surface area (Å²) in [5.74, 6) is 0. The molecule has 1 radical (unpaired) electrons. The molecule has 0 aromatic carbocycles. The maximum atomic E-state index is 0. The molecule has 0 aromatic rings. The Hall–Kier alpha value is 2.37. The average Bonchev–Trinajstić information content (AvgIpc) is 0. The third-order valence-corrected chi connectivity index (χ3v) is 0. The molecular formula is CaCuO3Ti. The first kappa shape index (κ1) is 80.8. The van der Waals surface area contributed by atoms with Crippen molar-refractivity contribution in [2.75, 3.05) is 0 Å². The van der Waals surface area contributed by atoms with Gasteiger partial charge in [0.1, 0.15) is 0 Å². The summed E-state index contributed by atoms with van der Waals surface area (Å²) in [5, 5.41) is 0. The van der Waals surface area contributed by atoms with E-state index < -0.39 is 0 Å². The maximum absolute atomic E-state index is 0.